The second-order valence-electron chi connectivity index (χ2n) is 8.80. The van der Waals surface area contributed by atoms with Crippen molar-refractivity contribution in [3.63, 3.8) is 0 Å². The number of fused-ring (bicyclic) bond motifs is 3. The molecule has 0 bridgehead atoms. The summed E-state index contributed by atoms with van der Waals surface area (Å²) in [6.45, 7) is 0.188. The minimum Gasteiger partial charge on any atom is -0.480 e. The molecule has 4 rings (SSSR count). The zero-order valence-electron chi connectivity index (χ0n) is 17.9. The molecule has 31 heavy (non-hydrogen) atoms. The number of alkyl carbamates (subject to hydrolysis) is 1. The molecule has 0 heterocycles. The second-order valence-corrected chi connectivity index (χ2v) is 8.80. The molecule has 1 saturated carbocycles. The summed E-state index contributed by atoms with van der Waals surface area (Å²) in [5, 5.41) is 12.1. The fraction of sp³-hybridized carbons (Fsp3) is 0.462. The number of carboxylic acids is 1. The molecule has 1 fully saturated rings. The topological polar surface area (TPSA) is 75.6 Å². The summed E-state index contributed by atoms with van der Waals surface area (Å²) >= 11 is 0. The smallest absolute Gasteiger partial charge is 0.407 e. The molecule has 2 aromatic rings. The van der Waals surface area contributed by atoms with Crippen LogP contribution < -0.4 is 5.32 Å². The largest absolute Gasteiger partial charge is 0.480 e. The van der Waals surface area contributed by atoms with Gasteiger partial charge in [-0.15, -0.1) is 0 Å². The van der Waals surface area contributed by atoms with Crippen molar-refractivity contribution >= 4 is 12.1 Å². The standard InChI is InChI=1S/C26H31NO4/c28-25(29)24(16-8-3-11-18-9-1-2-10-18)27-26(30)31-17-23-21-14-6-4-12-19(21)20-13-5-7-15-22(20)23/h4-7,12-15,18,23-24H,1-3,8-11,16-17H2,(H,27,30)(H,28,29)/t24-/m0/s1. The van der Waals surface area contributed by atoms with Crippen LogP contribution in [0.4, 0.5) is 4.79 Å². The zero-order valence-corrected chi connectivity index (χ0v) is 17.9. The van der Waals surface area contributed by atoms with Gasteiger partial charge in [0.2, 0.25) is 0 Å². The fourth-order valence-electron chi connectivity index (χ4n) is 5.12. The van der Waals surface area contributed by atoms with E-state index in [4.69, 9.17) is 4.74 Å². The molecule has 2 aliphatic rings. The Balaban J connectivity index is 1.29. The maximum absolute atomic E-state index is 12.4. The first-order chi connectivity index (χ1) is 15.1. The first-order valence-electron chi connectivity index (χ1n) is 11.5. The molecule has 0 aromatic heterocycles. The molecule has 0 aliphatic heterocycles. The number of carbonyl (C=O) groups excluding carboxylic acids is 1. The predicted molar refractivity (Wildman–Crippen MR) is 120 cm³/mol. The van der Waals surface area contributed by atoms with Gasteiger partial charge in [-0.1, -0.05) is 93.5 Å². The van der Waals surface area contributed by atoms with E-state index in [1.807, 2.05) is 24.3 Å². The molecular weight excluding hydrogens is 390 g/mol. The van der Waals surface area contributed by atoms with E-state index in [1.165, 1.54) is 25.7 Å². The van der Waals surface area contributed by atoms with Gasteiger partial charge in [0.05, 0.1) is 0 Å². The van der Waals surface area contributed by atoms with Crippen molar-refractivity contribution in [1.82, 2.24) is 5.32 Å². The molecule has 0 spiro atoms. The number of unbranched alkanes of at least 4 members (excludes halogenated alkanes) is 1. The summed E-state index contributed by atoms with van der Waals surface area (Å²) in [7, 11) is 0. The van der Waals surface area contributed by atoms with Crippen molar-refractivity contribution in [2.45, 2.75) is 63.3 Å². The molecule has 164 valence electrons. The summed E-state index contributed by atoms with van der Waals surface area (Å²) in [5.74, 6) is -0.236. The molecule has 2 aromatic carbocycles. The lowest BCUT2D eigenvalue weighted by Gasteiger charge is -2.17. The fourth-order valence-corrected chi connectivity index (χ4v) is 5.12. The number of carbonyl (C=O) groups is 2. The van der Waals surface area contributed by atoms with Crippen LogP contribution in [0.5, 0.6) is 0 Å². The summed E-state index contributed by atoms with van der Waals surface area (Å²) in [5.41, 5.74) is 4.60. The number of benzene rings is 2. The molecule has 1 atom stereocenters. The van der Waals surface area contributed by atoms with Gasteiger partial charge in [0.15, 0.2) is 0 Å². The average molecular weight is 422 g/mol. The van der Waals surface area contributed by atoms with Crippen molar-refractivity contribution in [2.75, 3.05) is 6.61 Å². The van der Waals surface area contributed by atoms with E-state index >= 15 is 0 Å². The average Bonchev–Trinajstić information content (AvgIpc) is 3.40. The molecule has 2 N–H and O–H groups in total. The predicted octanol–water partition coefficient (Wildman–Crippen LogP) is 5.73. The van der Waals surface area contributed by atoms with Crippen molar-refractivity contribution < 1.29 is 19.4 Å². The van der Waals surface area contributed by atoms with Gasteiger partial charge in [0.1, 0.15) is 12.6 Å². The van der Waals surface area contributed by atoms with E-state index in [-0.39, 0.29) is 12.5 Å². The van der Waals surface area contributed by atoms with Crippen LogP contribution >= 0.6 is 0 Å². The second kappa shape index (κ2) is 9.99. The number of ether oxygens (including phenoxy) is 1. The number of hydrogen-bond donors (Lipinski definition) is 2. The van der Waals surface area contributed by atoms with Gasteiger partial charge < -0.3 is 15.2 Å². The minimum atomic E-state index is -1.01. The molecule has 0 unspecified atom stereocenters. The number of aliphatic carboxylic acids is 1. The third kappa shape index (κ3) is 5.09. The van der Waals surface area contributed by atoms with Crippen molar-refractivity contribution in [2.24, 2.45) is 5.92 Å². The number of carboxylic acid groups (broad SMARTS) is 1. The van der Waals surface area contributed by atoms with E-state index < -0.39 is 18.1 Å². The van der Waals surface area contributed by atoms with E-state index in [0.29, 0.717) is 6.42 Å². The lowest BCUT2D eigenvalue weighted by Crippen LogP contribution is -2.41. The van der Waals surface area contributed by atoms with Gasteiger partial charge in [-0.05, 0) is 34.6 Å². The highest BCUT2D eigenvalue weighted by atomic mass is 16.5. The Kier molecular flexibility index (Phi) is 6.90. The minimum absolute atomic E-state index is 0.0344. The molecule has 1 amide bonds. The van der Waals surface area contributed by atoms with E-state index in [1.54, 1.807) is 0 Å². The summed E-state index contributed by atoms with van der Waals surface area (Å²) in [6, 6.07) is 15.4. The highest BCUT2D eigenvalue weighted by molar-refractivity contribution is 5.81. The van der Waals surface area contributed by atoms with Crippen LogP contribution in [0.25, 0.3) is 11.1 Å². The molecule has 0 saturated heterocycles. The van der Waals surface area contributed by atoms with Crippen LogP contribution in [0.1, 0.15) is 68.4 Å². The van der Waals surface area contributed by atoms with Crippen LogP contribution in [0, 0.1) is 5.92 Å². The molecule has 0 radical (unpaired) electrons. The number of rotatable bonds is 9. The van der Waals surface area contributed by atoms with Crippen LogP contribution in [0.15, 0.2) is 48.5 Å². The Morgan fingerprint density at radius 3 is 2.19 bits per heavy atom. The highest BCUT2D eigenvalue weighted by Crippen LogP contribution is 2.44. The number of nitrogens with one attached hydrogen (secondary N) is 1. The summed E-state index contributed by atoms with van der Waals surface area (Å²) in [4.78, 5) is 24.0. The quantitative estimate of drug-likeness (QED) is 0.507. The lowest BCUT2D eigenvalue weighted by molar-refractivity contribution is -0.139. The lowest BCUT2D eigenvalue weighted by atomic mass is 9.98. The van der Waals surface area contributed by atoms with Gasteiger partial charge in [0, 0.05) is 5.92 Å². The normalized spacial score (nSPS) is 16.5. The van der Waals surface area contributed by atoms with Gasteiger partial charge in [-0.25, -0.2) is 9.59 Å². The molecule has 5 nitrogen and oxygen atoms in total. The van der Waals surface area contributed by atoms with Gasteiger partial charge in [-0.3, -0.25) is 0 Å². The Labute approximate surface area is 183 Å². The van der Waals surface area contributed by atoms with Crippen LogP contribution in [0.2, 0.25) is 0 Å². The van der Waals surface area contributed by atoms with Crippen molar-refractivity contribution in [3.05, 3.63) is 59.7 Å². The first kappa shape index (κ1) is 21.4. The maximum Gasteiger partial charge on any atom is 0.407 e. The Hall–Kier alpha value is -2.82. The Morgan fingerprint density at radius 1 is 0.968 bits per heavy atom. The SMILES string of the molecule is O=C(N[C@@H](CCCCC1CCCC1)C(=O)O)OCC1c2ccccc2-c2ccccc21. The monoisotopic (exact) mass is 421 g/mol. The Morgan fingerprint density at radius 2 is 1.58 bits per heavy atom. The third-order valence-corrected chi connectivity index (χ3v) is 6.76. The van der Waals surface area contributed by atoms with E-state index in [2.05, 4.69) is 29.6 Å². The molecular formula is C26H31NO4. The first-order valence-corrected chi connectivity index (χ1v) is 11.5. The number of hydrogen-bond acceptors (Lipinski definition) is 3. The van der Waals surface area contributed by atoms with Gasteiger partial charge in [-0.2, -0.15) is 0 Å². The van der Waals surface area contributed by atoms with E-state index in [0.717, 1.165) is 47.4 Å². The Bertz CT molecular complexity index is 874. The zero-order chi connectivity index (χ0) is 21.6. The number of amides is 1. The summed E-state index contributed by atoms with van der Waals surface area (Å²) < 4.78 is 5.49. The van der Waals surface area contributed by atoms with Crippen molar-refractivity contribution in [3.8, 4) is 11.1 Å². The molecule has 2 aliphatic carbocycles. The van der Waals surface area contributed by atoms with Gasteiger partial charge in [0.25, 0.3) is 0 Å². The van der Waals surface area contributed by atoms with Crippen LogP contribution in [0.3, 0.4) is 0 Å². The highest BCUT2D eigenvalue weighted by Gasteiger charge is 2.29. The van der Waals surface area contributed by atoms with Crippen molar-refractivity contribution in [1.29, 1.82) is 0 Å². The molecule has 5 heteroatoms. The summed E-state index contributed by atoms with van der Waals surface area (Å²) in [6.07, 6.45) is 8.02. The maximum atomic E-state index is 12.4. The van der Waals surface area contributed by atoms with Crippen LogP contribution in [-0.4, -0.2) is 29.8 Å². The van der Waals surface area contributed by atoms with Gasteiger partial charge >= 0.3 is 12.1 Å². The van der Waals surface area contributed by atoms with E-state index in [9.17, 15) is 14.7 Å². The third-order valence-electron chi connectivity index (χ3n) is 6.76. The van der Waals surface area contributed by atoms with Crippen LogP contribution in [-0.2, 0) is 9.53 Å².